The van der Waals surface area contributed by atoms with Crippen LogP contribution in [0.1, 0.15) is 15.9 Å². The van der Waals surface area contributed by atoms with Crippen molar-refractivity contribution in [3.05, 3.63) is 53.7 Å². The number of para-hydroxylation sites is 1. The van der Waals surface area contributed by atoms with Crippen molar-refractivity contribution in [2.24, 2.45) is 7.05 Å². The molecular formula is C18H16N4O3. The van der Waals surface area contributed by atoms with Crippen molar-refractivity contribution in [3.63, 3.8) is 0 Å². The lowest BCUT2D eigenvalue weighted by Gasteiger charge is -2.20. The minimum absolute atomic E-state index is 0.0888. The predicted octanol–water partition coefficient (Wildman–Crippen LogP) is 1.83. The molecule has 126 valence electrons. The molecule has 0 fully saturated rings. The number of anilines is 1. The number of hydrogen-bond acceptors (Lipinski definition) is 4. The highest BCUT2D eigenvalue weighted by molar-refractivity contribution is 6.03. The van der Waals surface area contributed by atoms with E-state index >= 15 is 0 Å². The standard InChI is InChI=1S/C18H16N4O3/c1-22-15-7-11(5-6-12(15)9-20-22)8-19-18(24)13-3-2-4-14-17(13)25-10-16(23)21-14/h2-7,9H,8,10H2,1H3,(H,19,24)(H,21,23). The molecule has 0 saturated carbocycles. The quantitative estimate of drug-likeness (QED) is 0.764. The fourth-order valence-corrected chi connectivity index (χ4v) is 2.87. The van der Waals surface area contributed by atoms with Crippen LogP contribution in [0, 0.1) is 0 Å². The molecule has 1 aliphatic heterocycles. The summed E-state index contributed by atoms with van der Waals surface area (Å²) in [4.78, 5) is 23.9. The summed E-state index contributed by atoms with van der Waals surface area (Å²) >= 11 is 0. The lowest BCUT2D eigenvalue weighted by Crippen LogP contribution is -2.29. The van der Waals surface area contributed by atoms with E-state index < -0.39 is 0 Å². The second-order valence-electron chi connectivity index (χ2n) is 5.86. The van der Waals surface area contributed by atoms with E-state index in [1.165, 1.54) is 0 Å². The SMILES string of the molecule is Cn1ncc2ccc(CNC(=O)c3cccc4c3OCC(=O)N4)cc21. The van der Waals surface area contributed by atoms with Crippen LogP contribution in [0.4, 0.5) is 5.69 Å². The zero-order valence-electron chi connectivity index (χ0n) is 13.6. The topological polar surface area (TPSA) is 85.2 Å². The van der Waals surface area contributed by atoms with Crippen LogP contribution in [-0.2, 0) is 18.4 Å². The normalized spacial score (nSPS) is 13.1. The highest BCUT2D eigenvalue weighted by Crippen LogP contribution is 2.31. The van der Waals surface area contributed by atoms with E-state index in [4.69, 9.17) is 4.74 Å². The molecule has 2 amide bonds. The van der Waals surface area contributed by atoms with E-state index in [1.807, 2.05) is 25.2 Å². The number of amides is 2. The summed E-state index contributed by atoms with van der Waals surface area (Å²) in [5.41, 5.74) is 2.90. The molecule has 25 heavy (non-hydrogen) atoms. The molecule has 7 nitrogen and oxygen atoms in total. The van der Waals surface area contributed by atoms with E-state index in [2.05, 4.69) is 15.7 Å². The van der Waals surface area contributed by atoms with Crippen LogP contribution in [0.2, 0.25) is 0 Å². The summed E-state index contributed by atoms with van der Waals surface area (Å²) in [6.07, 6.45) is 1.81. The Morgan fingerprint density at radius 3 is 3.12 bits per heavy atom. The van der Waals surface area contributed by atoms with Crippen molar-refractivity contribution < 1.29 is 14.3 Å². The maximum absolute atomic E-state index is 12.5. The second-order valence-corrected chi connectivity index (χ2v) is 5.86. The number of benzene rings is 2. The minimum Gasteiger partial charge on any atom is -0.481 e. The Balaban J connectivity index is 1.53. The van der Waals surface area contributed by atoms with Crippen molar-refractivity contribution in [2.45, 2.75) is 6.54 Å². The van der Waals surface area contributed by atoms with Gasteiger partial charge in [0, 0.05) is 19.0 Å². The monoisotopic (exact) mass is 336 g/mol. The van der Waals surface area contributed by atoms with E-state index in [0.29, 0.717) is 23.5 Å². The first-order valence-electron chi connectivity index (χ1n) is 7.86. The average Bonchev–Trinajstić information content (AvgIpc) is 2.99. The van der Waals surface area contributed by atoms with Crippen LogP contribution in [0.5, 0.6) is 5.75 Å². The molecule has 2 aromatic carbocycles. The summed E-state index contributed by atoms with van der Waals surface area (Å²) in [6.45, 7) is 0.296. The van der Waals surface area contributed by atoms with Gasteiger partial charge in [-0.3, -0.25) is 14.3 Å². The molecule has 2 heterocycles. The van der Waals surface area contributed by atoms with Gasteiger partial charge in [-0.15, -0.1) is 0 Å². The van der Waals surface area contributed by atoms with Crippen LogP contribution in [0.3, 0.4) is 0 Å². The van der Waals surface area contributed by atoms with Gasteiger partial charge in [-0.2, -0.15) is 5.10 Å². The van der Waals surface area contributed by atoms with Crippen LogP contribution in [0.15, 0.2) is 42.6 Å². The van der Waals surface area contributed by atoms with E-state index in [9.17, 15) is 9.59 Å². The molecule has 3 aromatic rings. The number of hydrogen-bond donors (Lipinski definition) is 2. The van der Waals surface area contributed by atoms with E-state index in [-0.39, 0.29) is 18.4 Å². The number of nitrogens with one attached hydrogen (secondary N) is 2. The third-order valence-electron chi connectivity index (χ3n) is 4.15. The summed E-state index contributed by atoms with van der Waals surface area (Å²) in [6, 6.07) is 11.0. The van der Waals surface area contributed by atoms with Gasteiger partial charge in [-0.1, -0.05) is 18.2 Å². The number of rotatable bonds is 3. The molecule has 0 atom stereocenters. The van der Waals surface area contributed by atoms with Gasteiger partial charge in [0.2, 0.25) is 0 Å². The fraction of sp³-hybridized carbons (Fsp3) is 0.167. The van der Waals surface area contributed by atoms with Crippen LogP contribution in [-0.4, -0.2) is 28.2 Å². The van der Waals surface area contributed by atoms with Gasteiger partial charge in [0.1, 0.15) is 0 Å². The second kappa shape index (κ2) is 5.94. The number of carbonyl (C=O) groups is 2. The first-order chi connectivity index (χ1) is 12.1. The van der Waals surface area contributed by atoms with Gasteiger partial charge >= 0.3 is 0 Å². The molecule has 7 heteroatoms. The molecule has 0 bridgehead atoms. The van der Waals surface area contributed by atoms with Gasteiger partial charge in [-0.25, -0.2) is 0 Å². The predicted molar refractivity (Wildman–Crippen MR) is 92.5 cm³/mol. The van der Waals surface area contributed by atoms with Gasteiger partial charge < -0.3 is 15.4 Å². The van der Waals surface area contributed by atoms with Crippen molar-refractivity contribution in [3.8, 4) is 5.75 Å². The number of nitrogens with zero attached hydrogens (tertiary/aromatic N) is 2. The molecule has 0 aliphatic carbocycles. The third kappa shape index (κ3) is 2.80. The molecular weight excluding hydrogens is 320 g/mol. The summed E-state index contributed by atoms with van der Waals surface area (Å²) in [5.74, 6) is -0.0747. The first kappa shape index (κ1) is 15.2. The Hall–Kier alpha value is -3.35. The van der Waals surface area contributed by atoms with Crippen molar-refractivity contribution in [2.75, 3.05) is 11.9 Å². The molecule has 1 aliphatic rings. The van der Waals surface area contributed by atoms with Crippen LogP contribution in [0.25, 0.3) is 10.9 Å². The third-order valence-corrected chi connectivity index (χ3v) is 4.15. The van der Waals surface area contributed by atoms with E-state index in [0.717, 1.165) is 16.5 Å². The Morgan fingerprint density at radius 1 is 1.36 bits per heavy atom. The van der Waals surface area contributed by atoms with Crippen LogP contribution >= 0.6 is 0 Å². The van der Waals surface area contributed by atoms with Gasteiger partial charge in [0.15, 0.2) is 12.4 Å². The molecule has 2 N–H and O–H groups in total. The highest BCUT2D eigenvalue weighted by Gasteiger charge is 2.22. The maximum Gasteiger partial charge on any atom is 0.262 e. The Morgan fingerprint density at radius 2 is 2.24 bits per heavy atom. The zero-order valence-corrected chi connectivity index (χ0v) is 13.6. The summed E-state index contributed by atoms with van der Waals surface area (Å²) in [7, 11) is 1.88. The van der Waals surface area contributed by atoms with Crippen molar-refractivity contribution >= 4 is 28.4 Å². The fourth-order valence-electron chi connectivity index (χ4n) is 2.87. The summed E-state index contributed by atoms with van der Waals surface area (Å²) < 4.78 is 7.21. The Bertz CT molecular complexity index is 993. The van der Waals surface area contributed by atoms with Gasteiger partial charge in [-0.05, 0) is 23.8 Å². The highest BCUT2D eigenvalue weighted by atomic mass is 16.5. The number of aryl methyl sites for hydroxylation is 1. The van der Waals surface area contributed by atoms with Crippen molar-refractivity contribution in [1.82, 2.24) is 15.1 Å². The molecule has 0 saturated heterocycles. The van der Waals surface area contributed by atoms with E-state index in [1.54, 1.807) is 29.1 Å². The lowest BCUT2D eigenvalue weighted by atomic mass is 10.1. The Kier molecular flexibility index (Phi) is 3.61. The number of aromatic nitrogens is 2. The minimum atomic E-state index is -0.252. The number of ether oxygens (including phenoxy) is 1. The molecule has 0 unspecified atom stereocenters. The first-order valence-corrected chi connectivity index (χ1v) is 7.86. The largest absolute Gasteiger partial charge is 0.481 e. The number of carbonyl (C=O) groups excluding carboxylic acids is 2. The number of fused-ring (bicyclic) bond motifs is 2. The van der Waals surface area contributed by atoms with Gasteiger partial charge in [0.05, 0.1) is 23.0 Å². The average molecular weight is 336 g/mol. The Labute approximate surface area is 143 Å². The smallest absolute Gasteiger partial charge is 0.262 e. The maximum atomic E-state index is 12.5. The summed E-state index contributed by atoms with van der Waals surface area (Å²) in [5, 5.41) is 10.9. The molecule has 0 spiro atoms. The zero-order chi connectivity index (χ0) is 17.4. The molecule has 0 radical (unpaired) electrons. The van der Waals surface area contributed by atoms with Crippen LogP contribution < -0.4 is 15.4 Å². The molecule has 1 aromatic heterocycles. The van der Waals surface area contributed by atoms with Crippen molar-refractivity contribution in [1.29, 1.82) is 0 Å². The molecule has 4 rings (SSSR count). The lowest BCUT2D eigenvalue weighted by molar-refractivity contribution is -0.118. The van der Waals surface area contributed by atoms with Gasteiger partial charge in [0.25, 0.3) is 11.8 Å².